The Hall–Kier alpha value is -0.340. The van der Waals surface area contributed by atoms with E-state index < -0.39 is 11.2 Å². The smallest absolute Gasteiger partial charge is 0.0876 e. The van der Waals surface area contributed by atoms with Gasteiger partial charge in [-0.15, -0.1) is 0 Å². The molecule has 0 amide bonds. The number of aliphatic hydroxyl groups is 2. The van der Waals surface area contributed by atoms with Gasteiger partial charge in [0.05, 0.1) is 11.2 Å². The van der Waals surface area contributed by atoms with Crippen LogP contribution in [0.5, 0.6) is 0 Å². The Kier molecular flexibility index (Phi) is 4.82. The van der Waals surface area contributed by atoms with Gasteiger partial charge in [0.1, 0.15) is 0 Å². The van der Waals surface area contributed by atoms with Crippen molar-refractivity contribution < 1.29 is 10.2 Å². The summed E-state index contributed by atoms with van der Waals surface area (Å²) in [5.41, 5.74) is -1.26. The minimum atomic E-state index is -0.916. The highest BCUT2D eigenvalue weighted by Gasteiger charge is 2.38. The van der Waals surface area contributed by atoms with E-state index in [4.69, 9.17) is 0 Å². The molecule has 14 heavy (non-hydrogen) atoms. The number of hydrogen-bond donors (Lipinski definition) is 2. The van der Waals surface area contributed by atoms with Crippen molar-refractivity contribution in [1.29, 1.82) is 0 Å². The lowest BCUT2D eigenvalue weighted by molar-refractivity contribution is -0.00703. The molecule has 0 bridgehead atoms. The molecule has 0 unspecified atom stereocenters. The van der Waals surface area contributed by atoms with Crippen LogP contribution < -0.4 is 0 Å². The van der Waals surface area contributed by atoms with Crippen LogP contribution in [0.15, 0.2) is 12.2 Å². The van der Waals surface area contributed by atoms with Gasteiger partial charge < -0.3 is 10.2 Å². The fraction of sp³-hybridized carbons (Fsp3) is 0.833. The van der Waals surface area contributed by atoms with Gasteiger partial charge in [-0.2, -0.15) is 0 Å². The number of rotatable bonds is 6. The van der Waals surface area contributed by atoms with Crippen molar-refractivity contribution in [1.82, 2.24) is 0 Å². The summed E-state index contributed by atoms with van der Waals surface area (Å²) in [6.45, 7) is 11.6. The Morgan fingerprint density at radius 1 is 0.857 bits per heavy atom. The molecule has 84 valence electrons. The first-order valence-electron chi connectivity index (χ1n) is 5.54. The first-order chi connectivity index (χ1) is 6.40. The zero-order valence-electron chi connectivity index (χ0n) is 9.93. The molecule has 0 aromatic heterocycles. The highest BCUT2D eigenvalue weighted by atomic mass is 16.3. The van der Waals surface area contributed by atoms with Gasteiger partial charge in [0, 0.05) is 0 Å². The van der Waals surface area contributed by atoms with Gasteiger partial charge in [0.15, 0.2) is 0 Å². The molecule has 0 spiro atoms. The molecule has 2 nitrogen and oxygen atoms in total. The average molecular weight is 200 g/mol. The van der Waals surface area contributed by atoms with Crippen molar-refractivity contribution in [3.63, 3.8) is 0 Å². The molecule has 0 saturated carbocycles. The molecule has 0 fully saturated rings. The maximum atomic E-state index is 10.2. The van der Waals surface area contributed by atoms with Crippen LogP contribution in [0.4, 0.5) is 0 Å². The zero-order valence-corrected chi connectivity index (χ0v) is 9.93. The van der Waals surface area contributed by atoms with Crippen LogP contribution in [0, 0.1) is 0 Å². The molecule has 0 aliphatic heterocycles. The van der Waals surface area contributed by atoms with E-state index in [1.165, 1.54) is 0 Å². The molecule has 0 aromatic rings. The van der Waals surface area contributed by atoms with E-state index in [-0.39, 0.29) is 0 Å². The minimum Gasteiger partial charge on any atom is -0.385 e. The van der Waals surface area contributed by atoms with Crippen LogP contribution in [-0.4, -0.2) is 21.4 Å². The third kappa shape index (κ3) is 2.37. The predicted molar refractivity (Wildman–Crippen MR) is 60.2 cm³/mol. The second kappa shape index (κ2) is 4.94. The fourth-order valence-electron chi connectivity index (χ4n) is 1.79. The van der Waals surface area contributed by atoms with Gasteiger partial charge in [0.2, 0.25) is 0 Å². The predicted octanol–water partition coefficient (Wildman–Crippen LogP) is 2.64. The van der Waals surface area contributed by atoms with Crippen LogP contribution in [-0.2, 0) is 0 Å². The second-order valence-corrected chi connectivity index (χ2v) is 3.96. The van der Waals surface area contributed by atoms with Gasteiger partial charge in [-0.05, 0) is 31.3 Å². The van der Waals surface area contributed by atoms with Crippen LogP contribution >= 0.6 is 0 Å². The summed E-state index contributed by atoms with van der Waals surface area (Å²) < 4.78 is 0. The van der Waals surface area contributed by atoms with Crippen LogP contribution in [0.25, 0.3) is 0 Å². The third-order valence-corrected chi connectivity index (χ3v) is 3.46. The Labute approximate surface area is 87.7 Å². The topological polar surface area (TPSA) is 40.5 Å². The summed E-state index contributed by atoms with van der Waals surface area (Å²) in [6.07, 6.45) is 2.41. The van der Waals surface area contributed by atoms with E-state index in [0.717, 1.165) is 0 Å². The standard InChI is InChI=1S/C12H24O2/c1-6-11(13,7-2)10(5)12(14,8-3)9-4/h13-14H,5-9H2,1-4H3. The van der Waals surface area contributed by atoms with Crippen molar-refractivity contribution in [2.24, 2.45) is 0 Å². The maximum Gasteiger partial charge on any atom is 0.0876 e. The molecule has 0 atom stereocenters. The van der Waals surface area contributed by atoms with Crippen LogP contribution in [0.3, 0.4) is 0 Å². The SMILES string of the molecule is C=C(C(O)(CC)CC)C(O)(CC)CC. The fourth-order valence-corrected chi connectivity index (χ4v) is 1.79. The van der Waals surface area contributed by atoms with E-state index in [0.29, 0.717) is 31.3 Å². The average Bonchev–Trinajstić information content (AvgIpc) is 2.25. The molecule has 0 aliphatic rings. The molecule has 0 aliphatic carbocycles. The van der Waals surface area contributed by atoms with Crippen LogP contribution in [0.2, 0.25) is 0 Å². The third-order valence-electron chi connectivity index (χ3n) is 3.46. The summed E-state index contributed by atoms with van der Waals surface area (Å²) in [7, 11) is 0. The van der Waals surface area contributed by atoms with Crippen molar-refractivity contribution in [3.05, 3.63) is 12.2 Å². The Bertz CT molecular complexity index is 168. The van der Waals surface area contributed by atoms with Crippen molar-refractivity contribution in [2.45, 2.75) is 64.6 Å². The molecule has 0 rings (SSSR count). The van der Waals surface area contributed by atoms with Gasteiger partial charge in [-0.25, -0.2) is 0 Å². The first-order valence-corrected chi connectivity index (χ1v) is 5.54. The molecule has 0 heterocycles. The highest BCUT2D eigenvalue weighted by Crippen LogP contribution is 2.35. The summed E-state index contributed by atoms with van der Waals surface area (Å²) in [4.78, 5) is 0. The Morgan fingerprint density at radius 2 is 1.07 bits per heavy atom. The quantitative estimate of drug-likeness (QED) is 0.647. The first kappa shape index (κ1) is 13.7. The van der Waals surface area contributed by atoms with Crippen LogP contribution in [0.1, 0.15) is 53.4 Å². The van der Waals surface area contributed by atoms with E-state index in [2.05, 4.69) is 6.58 Å². The van der Waals surface area contributed by atoms with Crippen molar-refractivity contribution in [2.75, 3.05) is 0 Å². The molecule has 0 radical (unpaired) electrons. The zero-order chi connectivity index (χ0) is 11.4. The normalized spacial score (nSPS) is 13.0. The summed E-state index contributed by atoms with van der Waals surface area (Å²) in [6, 6.07) is 0. The lowest BCUT2D eigenvalue weighted by Gasteiger charge is -2.38. The lowest BCUT2D eigenvalue weighted by atomic mass is 9.76. The maximum absolute atomic E-state index is 10.2. The molecule has 2 N–H and O–H groups in total. The Balaban J connectivity index is 4.90. The monoisotopic (exact) mass is 200 g/mol. The van der Waals surface area contributed by atoms with Gasteiger partial charge >= 0.3 is 0 Å². The lowest BCUT2D eigenvalue weighted by Crippen LogP contribution is -2.43. The Morgan fingerprint density at radius 3 is 1.21 bits per heavy atom. The van der Waals surface area contributed by atoms with Gasteiger partial charge in [-0.3, -0.25) is 0 Å². The molecule has 0 saturated heterocycles. The molecule has 0 aromatic carbocycles. The number of hydrogen-bond acceptors (Lipinski definition) is 2. The summed E-state index contributed by atoms with van der Waals surface area (Å²) in [5.74, 6) is 0. The highest BCUT2D eigenvalue weighted by molar-refractivity contribution is 5.23. The van der Waals surface area contributed by atoms with E-state index in [9.17, 15) is 10.2 Å². The van der Waals surface area contributed by atoms with Gasteiger partial charge in [-0.1, -0.05) is 34.3 Å². The largest absolute Gasteiger partial charge is 0.385 e. The van der Waals surface area contributed by atoms with E-state index in [1.807, 2.05) is 27.7 Å². The minimum absolute atomic E-state index is 0.569. The summed E-state index contributed by atoms with van der Waals surface area (Å²) in [5, 5.41) is 20.5. The van der Waals surface area contributed by atoms with Crippen molar-refractivity contribution >= 4 is 0 Å². The second-order valence-electron chi connectivity index (χ2n) is 3.96. The van der Waals surface area contributed by atoms with E-state index >= 15 is 0 Å². The van der Waals surface area contributed by atoms with Crippen molar-refractivity contribution in [3.8, 4) is 0 Å². The van der Waals surface area contributed by atoms with Gasteiger partial charge in [0.25, 0.3) is 0 Å². The molecular weight excluding hydrogens is 176 g/mol. The molecular formula is C12H24O2. The summed E-state index contributed by atoms with van der Waals surface area (Å²) >= 11 is 0. The van der Waals surface area contributed by atoms with E-state index in [1.54, 1.807) is 0 Å². The molecule has 2 heteroatoms.